The molecule has 1 aromatic heterocycles. The Balaban J connectivity index is 1.72. The van der Waals surface area contributed by atoms with Crippen LogP contribution in [0.4, 0.5) is 14.5 Å². The average molecular weight is 269 g/mol. The Morgan fingerprint density at radius 2 is 2.00 bits per heavy atom. The molecule has 0 saturated heterocycles. The van der Waals surface area contributed by atoms with E-state index in [0.717, 1.165) is 0 Å². The minimum atomic E-state index is -3.60. The monoisotopic (exact) mass is 269 g/mol. The summed E-state index contributed by atoms with van der Waals surface area (Å²) in [6.45, 7) is 2.12. The van der Waals surface area contributed by atoms with Gasteiger partial charge in [0, 0.05) is 11.8 Å². The lowest BCUT2D eigenvalue weighted by molar-refractivity contribution is -0.286. The van der Waals surface area contributed by atoms with Crippen LogP contribution >= 0.6 is 0 Å². The predicted octanol–water partition coefficient (Wildman–Crippen LogP) is 2.31. The first-order chi connectivity index (χ1) is 9.03. The molecule has 2 aromatic rings. The number of anilines is 1. The van der Waals surface area contributed by atoms with Crippen molar-refractivity contribution >= 4 is 5.69 Å². The highest BCUT2D eigenvalue weighted by Crippen LogP contribution is 2.42. The maximum Gasteiger partial charge on any atom is 0.586 e. The molecule has 0 bridgehead atoms. The van der Waals surface area contributed by atoms with Crippen molar-refractivity contribution in [1.29, 1.82) is 0 Å². The summed E-state index contributed by atoms with van der Waals surface area (Å²) in [4.78, 5) is 0. The van der Waals surface area contributed by atoms with Gasteiger partial charge in [-0.05, 0) is 19.1 Å². The lowest BCUT2D eigenvalue weighted by atomic mass is 10.2. The highest BCUT2D eigenvalue weighted by molar-refractivity contribution is 5.56. The second-order valence-corrected chi connectivity index (χ2v) is 3.98. The molecule has 2 heterocycles. The second kappa shape index (κ2) is 4.08. The van der Waals surface area contributed by atoms with Gasteiger partial charge in [-0.3, -0.25) is 0 Å². The van der Waals surface area contributed by atoms with Crippen molar-refractivity contribution in [2.75, 3.05) is 5.32 Å². The molecule has 6 nitrogen and oxygen atoms in total. The number of hydrogen-bond donors (Lipinski definition) is 1. The van der Waals surface area contributed by atoms with Crippen molar-refractivity contribution in [2.45, 2.75) is 19.8 Å². The summed E-state index contributed by atoms with van der Waals surface area (Å²) in [7, 11) is 0. The number of hydrogen-bond acceptors (Lipinski definition) is 6. The molecule has 0 unspecified atom stereocenters. The molecule has 100 valence electrons. The molecule has 0 radical (unpaired) electrons. The Morgan fingerprint density at radius 3 is 2.74 bits per heavy atom. The molecule has 0 fully saturated rings. The van der Waals surface area contributed by atoms with Crippen LogP contribution in [0.15, 0.2) is 22.8 Å². The van der Waals surface area contributed by atoms with Gasteiger partial charge in [-0.2, -0.15) is 0 Å². The van der Waals surface area contributed by atoms with E-state index >= 15 is 0 Å². The molecule has 0 spiro atoms. The number of nitrogens with one attached hydrogen (secondary N) is 1. The van der Waals surface area contributed by atoms with Crippen LogP contribution < -0.4 is 14.8 Å². The largest absolute Gasteiger partial charge is 0.586 e. The first kappa shape index (κ1) is 11.7. The number of ether oxygens (including phenoxy) is 2. The van der Waals surface area contributed by atoms with E-state index in [1.807, 2.05) is 0 Å². The zero-order chi connectivity index (χ0) is 13.5. The summed E-state index contributed by atoms with van der Waals surface area (Å²) in [6, 6.07) is 4.44. The van der Waals surface area contributed by atoms with Gasteiger partial charge in [0.1, 0.15) is 11.4 Å². The van der Waals surface area contributed by atoms with Crippen LogP contribution in [0.1, 0.15) is 11.4 Å². The fourth-order valence-electron chi connectivity index (χ4n) is 1.65. The van der Waals surface area contributed by atoms with E-state index in [4.69, 9.17) is 0 Å². The minimum Gasteiger partial charge on any atom is -0.395 e. The molecular weight excluding hydrogens is 260 g/mol. The Hall–Kier alpha value is -2.38. The maximum absolute atomic E-state index is 12.8. The molecule has 0 aliphatic carbocycles. The van der Waals surface area contributed by atoms with Crippen LogP contribution in [-0.2, 0) is 6.54 Å². The second-order valence-electron chi connectivity index (χ2n) is 3.98. The van der Waals surface area contributed by atoms with Gasteiger partial charge in [-0.25, -0.2) is 4.63 Å². The van der Waals surface area contributed by atoms with Crippen LogP contribution in [0.2, 0.25) is 0 Å². The third-order valence-corrected chi connectivity index (χ3v) is 2.61. The number of halogens is 2. The van der Waals surface area contributed by atoms with Gasteiger partial charge in [-0.1, -0.05) is 10.3 Å². The molecule has 1 aliphatic rings. The van der Waals surface area contributed by atoms with Gasteiger partial charge in [0.25, 0.3) is 0 Å². The van der Waals surface area contributed by atoms with Gasteiger partial charge in [0.2, 0.25) is 0 Å². The standard InChI is InChI=1S/C11H9F2N3O3/c1-6-8(16-19-15-6)5-14-7-2-3-9-10(4-7)18-11(12,13)17-9/h2-4,14H,5H2,1H3. The smallest absolute Gasteiger partial charge is 0.395 e. The zero-order valence-corrected chi connectivity index (χ0v) is 9.81. The topological polar surface area (TPSA) is 69.4 Å². The molecular formula is C11H9F2N3O3. The summed E-state index contributed by atoms with van der Waals surface area (Å²) < 4.78 is 38.9. The Labute approximate surface area is 106 Å². The summed E-state index contributed by atoms with van der Waals surface area (Å²) >= 11 is 0. The van der Waals surface area contributed by atoms with E-state index in [0.29, 0.717) is 23.6 Å². The van der Waals surface area contributed by atoms with E-state index in [2.05, 4.69) is 29.7 Å². The first-order valence-electron chi connectivity index (χ1n) is 5.45. The summed E-state index contributed by atoms with van der Waals surface area (Å²) in [5.41, 5.74) is 1.91. The summed E-state index contributed by atoms with van der Waals surface area (Å²) in [5, 5.41) is 10.3. The van der Waals surface area contributed by atoms with Crippen molar-refractivity contribution in [3.8, 4) is 11.5 Å². The summed E-state index contributed by atoms with van der Waals surface area (Å²) in [5.74, 6) is -0.000155. The van der Waals surface area contributed by atoms with Crippen molar-refractivity contribution in [2.24, 2.45) is 0 Å². The van der Waals surface area contributed by atoms with Crippen LogP contribution in [-0.4, -0.2) is 16.6 Å². The Bertz CT molecular complexity index is 615. The Morgan fingerprint density at radius 1 is 1.21 bits per heavy atom. The lowest BCUT2D eigenvalue weighted by Crippen LogP contribution is -2.25. The molecule has 8 heteroatoms. The maximum atomic E-state index is 12.8. The predicted molar refractivity (Wildman–Crippen MR) is 59.0 cm³/mol. The van der Waals surface area contributed by atoms with Crippen molar-refractivity contribution in [3.05, 3.63) is 29.6 Å². The van der Waals surface area contributed by atoms with Crippen molar-refractivity contribution in [3.63, 3.8) is 0 Å². The quantitative estimate of drug-likeness (QED) is 0.922. The molecule has 0 saturated carbocycles. The Kier molecular flexibility index (Phi) is 2.51. The number of benzene rings is 1. The normalized spacial score (nSPS) is 15.5. The van der Waals surface area contributed by atoms with Gasteiger partial charge in [0.05, 0.1) is 6.54 Å². The fourth-order valence-corrected chi connectivity index (χ4v) is 1.65. The molecule has 1 aromatic carbocycles. The number of aromatic nitrogens is 2. The molecule has 0 atom stereocenters. The number of rotatable bonds is 3. The zero-order valence-electron chi connectivity index (χ0n) is 9.81. The van der Waals surface area contributed by atoms with Crippen molar-refractivity contribution in [1.82, 2.24) is 10.3 Å². The van der Waals surface area contributed by atoms with E-state index in [9.17, 15) is 8.78 Å². The van der Waals surface area contributed by atoms with Crippen molar-refractivity contribution < 1.29 is 22.9 Å². The number of alkyl halides is 2. The highest BCUT2D eigenvalue weighted by Gasteiger charge is 2.43. The number of fused-ring (bicyclic) bond motifs is 1. The molecule has 1 N–H and O–H groups in total. The highest BCUT2D eigenvalue weighted by atomic mass is 19.3. The average Bonchev–Trinajstić information content (AvgIpc) is 2.87. The number of nitrogens with zero attached hydrogens (tertiary/aromatic N) is 2. The first-order valence-corrected chi connectivity index (χ1v) is 5.45. The van der Waals surface area contributed by atoms with Crippen LogP contribution in [0.3, 0.4) is 0 Å². The molecule has 3 rings (SSSR count). The fraction of sp³-hybridized carbons (Fsp3) is 0.273. The SMILES string of the molecule is Cc1nonc1CNc1ccc2c(c1)OC(F)(F)O2. The summed E-state index contributed by atoms with van der Waals surface area (Å²) in [6.07, 6.45) is -3.60. The van der Waals surface area contributed by atoms with Crippen LogP contribution in [0.5, 0.6) is 11.5 Å². The molecule has 19 heavy (non-hydrogen) atoms. The number of aryl methyl sites for hydroxylation is 1. The van der Waals surface area contributed by atoms with Crippen LogP contribution in [0.25, 0.3) is 0 Å². The van der Waals surface area contributed by atoms with E-state index in [-0.39, 0.29) is 11.5 Å². The lowest BCUT2D eigenvalue weighted by Gasteiger charge is -2.05. The van der Waals surface area contributed by atoms with E-state index < -0.39 is 6.29 Å². The van der Waals surface area contributed by atoms with Crippen LogP contribution in [0, 0.1) is 6.92 Å². The molecule has 0 amide bonds. The van der Waals surface area contributed by atoms with E-state index in [1.54, 1.807) is 13.0 Å². The van der Waals surface area contributed by atoms with Gasteiger partial charge >= 0.3 is 6.29 Å². The minimum absolute atomic E-state index is 0.00910. The third-order valence-electron chi connectivity index (χ3n) is 2.61. The van der Waals surface area contributed by atoms with Gasteiger partial charge in [0.15, 0.2) is 11.5 Å². The molecule has 1 aliphatic heterocycles. The third kappa shape index (κ3) is 2.28. The van der Waals surface area contributed by atoms with Gasteiger partial charge in [-0.15, -0.1) is 8.78 Å². The van der Waals surface area contributed by atoms with Gasteiger partial charge < -0.3 is 14.8 Å². The van der Waals surface area contributed by atoms with E-state index in [1.165, 1.54) is 12.1 Å².